The number of rotatable bonds is 9. The van der Waals surface area contributed by atoms with Crippen molar-refractivity contribution >= 4 is 15.9 Å². The van der Waals surface area contributed by atoms with Gasteiger partial charge < -0.3 is 19.7 Å². The number of fused-ring (bicyclic) bond motifs is 1. The summed E-state index contributed by atoms with van der Waals surface area (Å²) < 4.78 is 38.9. The Morgan fingerprint density at radius 2 is 1.74 bits per heavy atom. The van der Waals surface area contributed by atoms with Crippen molar-refractivity contribution < 1.29 is 22.7 Å². The molecule has 1 heterocycles. The fourth-order valence-electron chi connectivity index (χ4n) is 3.68. The largest absolute Gasteiger partial charge is 0.454 e. The molecule has 3 aromatic carbocycles. The van der Waals surface area contributed by atoms with Crippen LogP contribution in [0, 0.1) is 0 Å². The fraction of sp³-hybridized carbons (Fsp3) is 0.240. The van der Waals surface area contributed by atoms with Gasteiger partial charge in [0.1, 0.15) is 0 Å². The molecular weight excluding hydrogens is 454 g/mol. The molecule has 0 saturated heterocycles. The van der Waals surface area contributed by atoms with Crippen LogP contribution in [-0.4, -0.2) is 46.7 Å². The van der Waals surface area contributed by atoms with Gasteiger partial charge in [0, 0.05) is 18.7 Å². The Morgan fingerprint density at radius 1 is 0.971 bits per heavy atom. The van der Waals surface area contributed by atoms with Gasteiger partial charge in [-0.1, -0.05) is 42.5 Å². The molecule has 34 heavy (non-hydrogen) atoms. The van der Waals surface area contributed by atoms with E-state index in [-0.39, 0.29) is 35.7 Å². The van der Waals surface area contributed by atoms with Crippen molar-refractivity contribution in [3.63, 3.8) is 0 Å². The molecule has 0 fully saturated rings. The molecule has 0 aliphatic carbocycles. The van der Waals surface area contributed by atoms with Crippen molar-refractivity contribution in [3.05, 3.63) is 89.5 Å². The molecule has 0 spiro atoms. The highest BCUT2D eigenvalue weighted by Gasteiger charge is 2.19. The molecule has 0 unspecified atom stereocenters. The second-order valence-corrected chi connectivity index (χ2v) is 9.91. The standard InChI is InChI=1S/C25H27N3O5S/c1-28(2)22(19-7-4-3-5-8-19)16-26-25(29)20-9-6-10-21(14-20)34(30,31)27-15-18-11-12-23-24(13-18)33-17-32-23/h3-14,22,27H,15-17H2,1-2H3,(H,26,29)/t22-/m1/s1. The predicted octanol–water partition coefficient (Wildman–Crippen LogP) is 2.93. The van der Waals surface area contributed by atoms with Gasteiger partial charge in [0.2, 0.25) is 16.8 Å². The molecule has 1 aliphatic rings. The number of nitrogens with zero attached hydrogens (tertiary/aromatic N) is 1. The van der Waals surface area contributed by atoms with Crippen molar-refractivity contribution in [2.75, 3.05) is 27.4 Å². The third-order valence-corrected chi connectivity index (χ3v) is 6.97. The van der Waals surface area contributed by atoms with E-state index in [1.165, 1.54) is 12.1 Å². The van der Waals surface area contributed by atoms with E-state index >= 15 is 0 Å². The van der Waals surface area contributed by atoms with Crippen LogP contribution in [0.2, 0.25) is 0 Å². The average Bonchev–Trinajstić information content (AvgIpc) is 3.31. The summed E-state index contributed by atoms with van der Waals surface area (Å²) in [6.45, 7) is 0.617. The van der Waals surface area contributed by atoms with Gasteiger partial charge in [-0.15, -0.1) is 0 Å². The fourth-order valence-corrected chi connectivity index (χ4v) is 4.75. The highest BCUT2D eigenvalue weighted by molar-refractivity contribution is 7.89. The number of carbonyl (C=O) groups excluding carboxylic acids is 1. The van der Waals surface area contributed by atoms with E-state index in [1.807, 2.05) is 49.3 Å². The zero-order valence-electron chi connectivity index (χ0n) is 19.0. The van der Waals surface area contributed by atoms with Crippen molar-refractivity contribution in [1.82, 2.24) is 14.9 Å². The minimum absolute atomic E-state index is 0.0135. The maximum atomic E-state index is 12.8. The van der Waals surface area contributed by atoms with Crippen molar-refractivity contribution in [2.45, 2.75) is 17.5 Å². The molecule has 3 aromatic rings. The quantitative estimate of drug-likeness (QED) is 0.488. The minimum Gasteiger partial charge on any atom is -0.454 e. The van der Waals surface area contributed by atoms with Crippen LogP contribution in [0.1, 0.15) is 27.5 Å². The maximum Gasteiger partial charge on any atom is 0.251 e. The van der Waals surface area contributed by atoms with Crippen LogP contribution in [0.15, 0.2) is 77.7 Å². The van der Waals surface area contributed by atoms with E-state index in [4.69, 9.17) is 9.47 Å². The van der Waals surface area contributed by atoms with Crippen LogP contribution in [0.25, 0.3) is 0 Å². The lowest BCUT2D eigenvalue weighted by molar-refractivity contribution is 0.0941. The normalized spacial score (nSPS) is 13.6. The molecule has 1 amide bonds. The number of benzene rings is 3. The van der Waals surface area contributed by atoms with E-state index in [1.54, 1.807) is 30.3 Å². The van der Waals surface area contributed by atoms with Gasteiger partial charge in [-0.05, 0) is 55.6 Å². The number of sulfonamides is 1. The Hall–Kier alpha value is -3.40. The number of amides is 1. The smallest absolute Gasteiger partial charge is 0.251 e. The third-order valence-electron chi connectivity index (χ3n) is 5.57. The molecule has 0 bridgehead atoms. The number of likely N-dealkylation sites (N-methyl/N-ethyl adjacent to an activating group) is 1. The first-order valence-electron chi connectivity index (χ1n) is 10.8. The average molecular weight is 482 g/mol. The van der Waals surface area contributed by atoms with Gasteiger partial charge in [-0.3, -0.25) is 4.79 Å². The van der Waals surface area contributed by atoms with Gasteiger partial charge in [-0.2, -0.15) is 0 Å². The van der Waals surface area contributed by atoms with Crippen LogP contribution in [0.3, 0.4) is 0 Å². The topological polar surface area (TPSA) is 97.0 Å². The molecule has 2 N–H and O–H groups in total. The van der Waals surface area contributed by atoms with Gasteiger partial charge in [0.15, 0.2) is 11.5 Å². The molecule has 0 aromatic heterocycles. The Morgan fingerprint density at radius 3 is 2.50 bits per heavy atom. The van der Waals surface area contributed by atoms with E-state index in [0.29, 0.717) is 18.0 Å². The number of hydrogen-bond donors (Lipinski definition) is 2. The minimum atomic E-state index is -3.83. The Balaban J connectivity index is 1.41. The van der Waals surface area contributed by atoms with E-state index in [0.717, 1.165) is 11.1 Å². The molecule has 0 radical (unpaired) electrons. The van der Waals surface area contributed by atoms with Crippen LogP contribution < -0.4 is 19.5 Å². The summed E-state index contributed by atoms with van der Waals surface area (Å²) in [5.74, 6) is 0.881. The van der Waals surface area contributed by atoms with Crippen LogP contribution in [0.5, 0.6) is 11.5 Å². The van der Waals surface area contributed by atoms with Crippen molar-refractivity contribution in [1.29, 1.82) is 0 Å². The Kier molecular flexibility index (Phi) is 7.16. The van der Waals surface area contributed by atoms with Gasteiger partial charge in [0.25, 0.3) is 5.91 Å². The third kappa shape index (κ3) is 5.56. The first-order chi connectivity index (χ1) is 16.3. The summed E-state index contributed by atoms with van der Waals surface area (Å²) in [5, 5.41) is 2.92. The highest BCUT2D eigenvalue weighted by Crippen LogP contribution is 2.32. The second kappa shape index (κ2) is 10.3. The van der Waals surface area contributed by atoms with Gasteiger partial charge >= 0.3 is 0 Å². The molecule has 9 heteroatoms. The van der Waals surface area contributed by atoms with Gasteiger partial charge in [0.05, 0.1) is 10.9 Å². The molecule has 8 nitrogen and oxygen atoms in total. The summed E-state index contributed by atoms with van der Waals surface area (Å²) in [6.07, 6.45) is 0. The van der Waals surface area contributed by atoms with E-state index in [9.17, 15) is 13.2 Å². The molecule has 1 atom stereocenters. The summed E-state index contributed by atoms with van der Waals surface area (Å²) in [5.41, 5.74) is 2.09. The zero-order chi connectivity index (χ0) is 24.1. The molecule has 178 valence electrons. The highest BCUT2D eigenvalue weighted by atomic mass is 32.2. The first kappa shape index (κ1) is 23.7. The number of nitrogens with one attached hydrogen (secondary N) is 2. The number of hydrogen-bond acceptors (Lipinski definition) is 6. The van der Waals surface area contributed by atoms with Crippen LogP contribution >= 0.6 is 0 Å². The molecule has 0 saturated carbocycles. The molecular formula is C25H27N3O5S. The lowest BCUT2D eigenvalue weighted by atomic mass is 10.1. The van der Waals surface area contributed by atoms with Crippen molar-refractivity contribution in [2.24, 2.45) is 0 Å². The lowest BCUT2D eigenvalue weighted by Crippen LogP contribution is -2.34. The summed E-state index contributed by atoms with van der Waals surface area (Å²) in [7, 11) is 0.0680. The van der Waals surface area contributed by atoms with Crippen LogP contribution in [-0.2, 0) is 16.6 Å². The van der Waals surface area contributed by atoms with Gasteiger partial charge in [-0.25, -0.2) is 13.1 Å². The number of ether oxygens (including phenoxy) is 2. The molecule has 4 rings (SSSR count). The Bertz CT molecular complexity index is 1260. The van der Waals surface area contributed by atoms with E-state index < -0.39 is 10.0 Å². The lowest BCUT2D eigenvalue weighted by Gasteiger charge is -2.25. The number of carbonyl (C=O) groups is 1. The maximum absolute atomic E-state index is 12.8. The predicted molar refractivity (Wildman–Crippen MR) is 128 cm³/mol. The van der Waals surface area contributed by atoms with Crippen molar-refractivity contribution in [3.8, 4) is 11.5 Å². The van der Waals surface area contributed by atoms with Crippen LogP contribution in [0.4, 0.5) is 0 Å². The summed E-state index contributed by atoms with van der Waals surface area (Å²) >= 11 is 0. The monoisotopic (exact) mass is 481 g/mol. The first-order valence-corrected chi connectivity index (χ1v) is 12.3. The summed E-state index contributed by atoms with van der Waals surface area (Å²) in [4.78, 5) is 14.8. The Labute approximate surface area is 199 Å². The zero-order valence-corrected chi connectivity index (χ0v) is 19.8. The SMILES string of the molecule is CN(C)[C@H](CNC(=O)c1cccc(S(=O)(=O)NCc2ccc3c(c2)OCO3)c1)c1ccccc1. The summed E-state index contributed by atoms with van der Waals surface area (Å²) in [6, 6.07) is 21.1. The second-order valence-electron chi connectivity index (χ2n) is 8.14. The van der Waals surface area contributed by atoms with E-state index in [2.05, 4.69) is 10.0 Å². The molecule has 1 aliphatic heterocycles.